The Morgan fingerprint density at radius 1 is 1.47 bits per heavy atom. The van der Waals surface area contributed by atoms with Crippen LogP contribution in [-0.2, 0) is 5.54 Å². The van der Waals surface area contributed by atoms with Gasteiger partial charge in [0.25, 0.3) is 0 Å². The molecule has 80 valence electrons. The molecular formula is C8H12N6O. The molecule has 2 rings (SSSR count). The Morgan fingerprint density at radius 2 is 2.27 bits per heavy atom. The largest absolute Gasteiger partial charge is 0.337 e. The van der Waals surface area contributed by atoms with E-state index in [4.69, 9.17) is 4.52 Å². The van der Waals surface area contributed by atoms with Crippen molar-refractivity contribution in [3.63, 3.8) is 0 Å². The maximum atomic E-state index is 5.14. The Balaban J connectivity index is 2.33. The molecule has 0 spiro atoms. The monoisotopic (exact) mass is 208 g/mol. The van der Waals surface area contributed by atoms with Crippen molar-refractivity contribution in [3.05, 3.63) is 12.1 Å². The van der Waals surface area contributed by atoms with Gasteiger partial charge in [0.2, 0.25) is 11.7 Å². The van der Waals surface area contributed by atoms with Crippen LogP contribution in [0.3, 0.4) is 0 Å². The molecule has 0 aliphatic heterocycles. The third-order valence-corrected chi connectivity index (χ3v) is 2.23. The van der Waals surface area contributed by atoms with E-state index in [1.54, 1.807) is 6.20 Å². The first-order valence-corrected chi connectivity index (χ1v) is 4.53. The van der Waals surface area contributed by atoms with E-state index in [0.717, 1.165) is 0 Å². The minimum absolute atomic E-state index is 0.352. The molecule has 7 heteroatoms. The van der Waals surface area contributed by atoms with Crippen molar-refractivity contribution in [2.75, 3.05) is 7.05 Å². The van der Waals surface area contributed by atoms with Crippen molar-refractivity contribution in [2.24, 2.45) is 0 Å². The SMILES string of the molecule is CNC(C)(C)c1nc(-c2cn[nH]n2)no1. The summed E-state index contributed by atoms with van der Waals surface area (Å²) in [6, 6.07) is 0. The van der Waals surface area contributed by atoms with Crippen LogP contribution in [0.25, 0.3) is 11.5 Å². The van der Waals surface area contributed by atoms with Gasteiger partial charge in [-0.1, -0.05) is 5.16 Å². The fraction of sp³-hybridized carbons (Fsp3) is 0.500. The predicted octanol–water partition coefficient (Wildman–Crippen LogP) is 0.309. The first-order valence-electron chi connectivity index (χ1n) is 4.53. The van der Waals surface area contributed by atoms with E-state index in [-0.39, 0.29) is 5.54 Å². The van der Waals surface area contributed by atoms with Crippen LogP contribution in [0.1, 0.15) is 19.7 Å². The Bertz CT molecular complexity index is 432. The van der Waals surface area contributed by atoms with E-state index in [1.807, 2.05) is 20.9 Å². The van der Waals surface area contributed by atoms with Crippen molar-refractivity contribution in [1.82, 2.24) is 30.9 Å². The number of nitrogens with one attached hydrogen (secondary N) is 2. The summed E-state index contributed by atoms with van der Waals surface area (Å²) in [4.78, 5) is 4.23. The summed E-state index contributed by atoms with van der Waals surface area (Å²) in [5.41, 5.74) is 0.214. The third-order valence-electron chi connectivity index (χ3n) is 2.23. The van der Waals surface area contributed by atoms with Crippen molar-refractivity contribution >= 4 is 0 Å². The molecule has 0 bridgehead atoms. The molecule has 0 saturated heterocycles. The van der Waals surface area contributed by atoms with E-state index in [0.29, 0.717) is 17.4 Å². The zero-order valence-electron chi connectivity index (χ0n) is 8.77. The molecule has 7 nitrogen and oxygen atoms in total. The normalized spacial score (nSPS) is 11.9. The van der Waals surface area contributed by atoms with Crippen LogP contribution in [0.2, 0.25) is 0 Å². The van der Waals surface area contributed by atoms with Crippen LogP contribution in [0.5, 0.6) is 0 Å². The Hall–Kier alpha value is -1.76. The molecule has 15 heavy (non-hydrogen) atoms. The Labute approximate surface area is 86.3 Å². The fourth-order valence-electron chi connectivity index (χ4n) is 0.998. The molecule has 0 radical (unpaired) electrons. The molecule has 0 fully saturated rings. The van der Waals surface area contributed by atoms with Crippen LogP contribution < -0.4 is 5.32 Å². The second kappa shape index (κ2) is 3.43. The van der Waals surface area contributed by atoms with Gasteiger partial charge in [0.1, 0.15) is 0 Å². The van der Waals surface area contributed by atoms with E-state index < -0.39 is 0 Å². The molecule has 0 unspecified atom stereocenters. The number of aromatic nitrogens is 5. The zero-order valence-corrected chi connectivity index (χ0v) is 8.77. The number of rotatable bonds is 3. The van der Waals surface area contributed by atoms with E-state index in [9.17, 15) is 0 Å². The smallest absolute Gasteiger partial charge is 0.246 e. The standard InChI is InChI=1S/C8H12N6O/c1-8(2,9-3)7-11-6(13-15-7)5-4-10-14-12-5/h4,9H,1-3H3,(H,10,12,14). The van der Waals surface area contributed by atoms with Gasteiger partial charge >= 0.3 is 0 Å². The van der Waals surface area contributed by atoms with Crippen molar-refractivity contribution in [2.45, 2.75) is 19.4 Å². The summed E-state index contributed by atoms with van der Waals surface area (Å²) < 4.78 is 5.14. The highest BCUT2D eigenvalue weighted by atomic mass is 16.5. The summed E-state index contributed by atoms with van der Waals surface area (Å²) in [5, 5.41) is 16.9. The van der Waals surface area contributed by atoms with Gasteiger partial charge in [-0.2, -0.15) is 20.4 Å². The van der Waals surface area contributed by atoms with Gasteiger partial charge in [0.15, 0.2) is 5.69 Å². The van der Waals surface area contributed by atoms with Crippen LogP contribution in [0.4, 0.5) is 0 Å². The van der Waals surface area contributed by atoms with Gasteiger partial charge < -0.3 is 9.84 Å². The quantitative estimate of drug-likeness (QED) is 0.754. The van der Waals surface area contributed by atoms with Crippen LogP contribution >= 0.6 is 0 Å². The Morgan fingerprint density at radius 3 is 2.87 bits per heavy atom. The molecule has 0 aromatic carbocycles. The summed E-state index contributed by atoms with van der Waals surface area (Å²) >= 11 is 0. The summed E-state index contributed by atoms with van der Waals surface area (Å²) in [6.07, 6.45) is 1.54. The molecule has 2 aromatic rings. The topological polar surface area (TPSA) is 92.5 Å². The van der Waals surface area contributed by atoms with Gasteiger partial charge in [0, 0.05) is 0 Å². The molecule has 0 aliphatic carbocycles. The zero-order chi connectivity index (χ0) is 10.9. The highest BCUT2D eigenvalue weighted by molar-refractivity contribution is 5.45. The number of H-pyrrole nitrogens is 1. The van der Waals surface area contributed by atoms with Gasteiger partial charge in [0.05, 0.1) is 11.7 Å². The highest BCUT2D eigenvalue weighted by Crippen LogP contribution is 2.19. The predicted molar refractivity (Wildman–Crippen MR) is 51.8 cm³/mol. The molecular weight excluding hydrogens is 196 g/mol. The maximum absolute atomic E-state index is 5.14. The lowest BCUT2D eigenvalue weighted by molar-refractivity contribution is 0.281. The number of nitrogens with zero attached hydrogens (tertiary/aromatic N) is 4. The molecule has 0 atom stereocenters. The van der Waals surface area contributed by atoms with E-state index in [2.05, 4.69) is 30.9 Å². The average Bonchev–Trinajstić information content (AvgIpc) is 2.88. The summed E-state index contributed by atoms with van der Waals surface area (Å²) in [5.74, 6) is 0.949. The maximum Gasteiger partial charge on any atom is 0.246 e. The molecule has 2 N–H and O–H groups in total. The molecule has 0 saturated carbocycles. The van der Waals surface area contributed by atoms with E-state index >= 15 is 0 Å². The third kappa shape index (κ3) is 1.73. The second-order valence-electron chi connectivity index (χ2n) is 3.65. The summed E-state index contributed by atoms with van der Waals surface area (Å²) in [6.45, 7) is 3.90. The van der Waals surface area contributed by atoms with E-state index in [1.165, 1.54) is 0 Å². The Kier molecular flexibility index (Phi) is 2.24. The molecule has 0 aliphatic rings. The number of hydrogen-bond donors (Lipinski definition) is 2. The second-order valence-corrected chi connectivity index (χ2v) is 3.65. The van der Waals surface area contributed by atoms with Gasteiger partial charge in [-0.25, -0.2) is 0 Å². The molecule has 2 heterocycles. The van der Waals surface area contributed by atoms with Crippen molar-refractivity contribution in [3.8, 4) is 11.5 Å². The van der Waals surface area contributed by atoms with Crippen molar-refractivity contribution < 1.29 is 4.52 Å². The fourth-order valence-corrected chi connectivity index (χ4v) is 0.998. The average molecular weight is 208 g/mol. The number of aromatic amines is 1. The minimum atomic E-state index is -0.352. The first kappa shape index (κ1) is 9.78. The van der Waals surface area contributed by atoms with Crippen LogP contribution in [0.15, 0.2) is 10.7 Å². The van der Waals surface area contributed by atoms with Crippen molar-refractivity contribution in [1.29, 1.82) is 0 Å². The van der Waals surface area contributed by atoms with Gasteiger partial charge in [-0.15, -0.1) is 0 Å². The lowest BCUT2D eigenvalue weighted by atomic mass is 10.1. The van der Waals surface area contributed by atoms with Crippen LogP contribution in [0, 0.1) is 0 Å². The molecule has 0 amide bonds. The van der Waals surface area contributed by atoms with Gasteiger partial charge in [-0.3, -0.25) is 0 Å². The van der Waals surface area contributed by atoms with Crippen LogP contribution in [-0.4, -0.2) is 32.6 Å². The lowest BCUT2D eigenvalue weighted by Crippen LogP contribution is -2.33. The minimum Gasteiger partial charge on any atom is -0.337 e. The lowest BCUT2D eigenvalue weighted by Gasteiger charge is -2.17. The van der Waals surface area contributed by atoms with Gasteiger partial charge in [-0.05, 0) is 20.9 Å². The highest BCUT2D eigenvalue weighted by Gasteiger charge is 2.26. The summed E-state index contributed by atoms with van der Waals surface area (Å²) in [7, 11) is 1.83. The number of hydrogen-bond acceptors (Lipinski definition) is 6. The first-order chi connectivity index (χ1) is 7.13. The molecule has 2 aromatic heterocycles.